The number of carboxylic acid groups (broad SMARTS) is 1. The molecule has 1 aromatic carbocycles. The number of hydrogen-bond donors (Lipinski definition) is 3. The monoisotopic (exact) mass is 371 g/mol. The normalized spacial score (nSPS) is 16.3. The van der Waals surface area contributed by atoms with Gasteiger partial charge in [-0.15, -0.1) is 0 Å². The van der Waals surface area contributed by atoms with Gasteiger partial charge in [-0.25, -0.2) is 18.4 Å². The highest BCUT2D eigenvalue weighted by atomic mass is 32.2. The average molecular weight is 371 g/mol. The molecule has 1 unspecified atom stereocenters. The Kier molecular flexibility index (Phi) is 5.98. The molecule has 1 amide bonds. The van der Waals surface area contributed by atoms with Crippen LogP contribution in [0.4, 0.5) is 5.69 Å². The van der Waals surface area contributed by atoms with E-state index in [1.54, 1.807) is 6.92 Å². The number of ether oxygens (including phenoxy) is 1. The SMILES string of the molecule is CCC(NC(=O)c1cc(S(N)(=O)=O)ccc1N1CCOCC1)C(=O)O. The number of rotatable bonds is 6. The fourth-order valence-corrected chi connectivity index (χ4v) is 3.07. The number of carbonyl (C=O) groups is 2. The minimum absolute atomic E-state index is 0.0631. The zero-order valence-corrected chi connectivity index (χ0v) is 14.6. The highest BCUT2D eigenvalue weighted by Gasteiger charge is 2.24. The number of anilines is 1. The molecule has 25 heavy (non-hydrogen) atoms. The second-order valence-corrected chi connectivity index (χ2v) is 7.16. The van der Waals surface area contributed by atoms with Gasteiger partial charge >= 0.3 is 5.97 Å². The Morgan fingerprint density at radius 1 is 1.36 bits per heavy atom. The lowest BCUT2D eigenvalue weighted by Crippen LogP contribution is -2.42. The third-order valence-electron chi connectivity index (χ3n) is 3.90. The zero-order valence-electron chi connectivity index (χ0n) is 13.8. The second-order valence-electron chi connectivity index (χ2n) is 5.60. The summed E-state index contributed by atoms with van der Waals surface area (Å²) in [6.07, 6.45) is 0.197. The lowest BCUT2D eigenvalue weighted by atomic mass is 10.1. The van der Waals surface area contributed by atoms with Crippen molar-refractivity contribution in [3.63, 3.8) is 0 Å². The van der Waals surface area contributed by atoms with E-state index in [2.05, 4.69) is 5.32 Å². The van der Waals surface area contributed by atoms with Crippen LogP contribution in [-0.4, -0.2) is 57.7 Å². The molecular formula is C15H21N3O6S. The molecule has 1 aliphatic rings. The number of amides is 1. The molecule has 1 fully saturated rings. The summed E-state index contributed by atoms with van der Waals surface area (Å²) in [5, 5.41) is 16.7. The first-order valence-corrected chi connectivity index (χ1v) is 9.32. The van der Waals surface area contributed by atoms with E-state index in [9.17, 15) is 18.0 Å². The molecule has 1 aliphatic heterocycles. The molecule has 0 spiro atoms. The largest absolute Gasteiger partial charge is 0.480 e. The van der Waals surface area contributed by atoms with Crippen LogP contribution in [0.5, 0.6) is 0 Å². The summed E-state index contributed by atoms with van der Waals surface area (Å²) in [5.41, 5.74) is 0.571. The molecule has 10 heteroatoms. The highest BCUT2D eigenvalue weighted by molar-refractivity contribution is 7.89. The lowest BCUT2D eigenvalue weighted by Gasteiger charge is -2.30. The van der Waals surface area contributed by atoms with Crippen LogP contribution in [0, 0.1) is 0 Å². The van der Waals surface area contributed by atoms with Crippen molar-refractivity contribution in [3.8, 4) is 0 Å². The lowest BCUT2D eigenvalue weighted by molar-refractivity contribution is -0.139. The van der Waals surface area contributed by atoms with Crippen molar-refractivity contribution < 1.29 is 27.9 Å². The molecule has 0 aliphatic carbocycles. The Balaban J connectivity index is 2.43. The topological polar surface area (TPSA) is 139 Å². The Hall–Kier alpha value is -2.17. The molecule has 1 saturated heterocycles. The van der Waals surface area contributed by atoms with E-state index in [4.69, 9.17) is 15.0 Å². The third kappa shape index (κ3) is 4.68. The molecule has 0 radical (unpaired) electrons. The maximum Gasteiger partial charge on any atom is 0.326 e. The standard InChI is InChI=1S/C15H21N3O6S/c1-2-12(15(20)21)17-14(19)11-9-10(25(16,22)23)3-4-13(11)18-5-7-24-8-6-18/h3-4,9,12H,2,5-8H2,1H3,(H,17,19)(H,20,21)(H2,16,22,23). The summed E-state index contributed by atoms with van der Waals surface area (Å²) in [5.74, 6) is -1.83. The van der Waals surface area contributed by atoms with Gasteiger partial charge < -0.3 is 20.1 Å². The fourth-order valence-electron chi connectivity index (χ4n) is 2.53. The van der Waals surface area contributed by atoms with Crippen LogP contribution in [0.25, 0.3) is 0 Å². The van der Waals surface area contributed by atoms with Crippen molar-refractivity contribution in [2.45, 2.75) is 24.3 Å². The van der Waals surface area contributed by atoms with Crippen LogP contribution in [0.1, 0.15) is 23.7 Å². The second kappa shape index (κ2) is 7.81. The van der Waals surface area contributed by atoms with Gasteiger partial charge in [-0.1, -0.05) is 6.92 Å². The van der Waals surface area contributed by atoms with Gasteiger partial charge in [-0.05, 0) is 24.6 Å². The summed E-state index contributed by atoms with van der Waals surface area (Å²) >= 11 is 0. The smallest absolute Gasteiger partial charge is 0.326 e. The van der Waals surface area contributed by atoms with Crippen LogP contribution < -0.4 is 15.4 Å². The van der Waals surface area contributed by atoms with Gasteiger partial charge in [0.2, 0.25) is 10.0 Å². The van der Waals surface area contributed by atoms with Crippen LogP contribution in [0.3, 0.4) is 0 Å². The van der Waals surface area contributed by atoms with E-state index in [0.717, 1.165) is 0 Å². The van der Waals surface area contributed by atoms with Gasteiger partial charge in [0.25, 0.3) is 5.91 Å². The maximum atomic E-state index is 12.6. The van der Waals surface area contributed by atoms with Crippen molar-refractivity contribution in [1.82, 2.24) is 5.32 Å². The van der Waals surface area contributed by atoms with Crippen molar-refractivity contribution in [2.24, 2.45) is 5.14 Å². The summed E-state index contributed by atoms with van der Waals surface area (Å²) in [4.78, 5) is 25.4. The van der Waals surface area contributed by atoms with E-state index in [-0.39, 0.29) is 16.9 Å². The minimum Gasteiger partial charge on any atom is -0.480 e. The molecule has 0 aromatic heterocycles. The number of hydrogen-bond acceptors (Lipinski definition) is 6. The molecule has 1 atom stereocenters. The number of morpholine rings is 1. The van der Waals surface area contributed by atoms with E-state index >= 15 is 0 Å². The van der Waals surface area contributed by atoms with Gasteiger partial charge in [0.05, 0.1) is 23.7 Å². The Morgan fingerprint density at radius 2 is 2.00 bits per heavy atom. The predicted molar refractivity (Wildman–Crippen MR) is 90.0 cm³/mol. The molecule has 0 saturated carbocycles. The first-order valence-electron chi connectivity index (χ1n) is 7.77. The average Bonchev–Trinajstić information content (AvgIpc) is 2.58. The summed E-state index contributed by atoms with van der Waals surface area (Å²) < 4.78 is 28.5. The fraction of sp³-hybridized carbons (Fsp3) is 0.467. The minimum atomic E-state index is -4.00. The molecule has 0 bridgehead atoms. The van der Waals surface area contributed by atoms with Crippen molar-refractivity contribution >= 4 is 27.6 Å². The van der Waals surface area contributed by atoms with E-state index in [1.165, 1.54) is 18.2 Å². The van der Waals surface area contributed by atoms with Crippen LogP contribution in [0.2, 0.25) is 0 Å². The predicted octanol–water partition coefficient (Wildman–Crippen LogP) is -0.236. The number of primary sulfonamides is 1. The number of carboxylic acids is 1. The molecule has 138 valence electrons. The number of aliphatic carboxylic acids is 1. The number of carbonyl (C=O) groups excluding carboxylic acids is 1. The molecule has 4 N–H and O–H groups in total. The molecule has 1 heterocycles. The molecule has 1 aromatic rings. The van der Waals surface area contributed by atoms with Crippen molar-refractivity contribution in [2.75, 3.05) is 31.2 Å². The quantitative estimate of drug-likeness (QED) is 0.627. The van der Waals surface area contributed by atoms with Gasteiger partial charge in [0.15, 0.2) is 0 Å². The Bertz CT molecular complexity index is 759. The summed E-state index contributed by atoms with van der Waals surface area (Å²) in [6, 6.07) is 2.93. The summed E-state index contributed by atoms with van der Waals surface area (Å²) in [7, 11) is -4.00. The Morgan fingerprint density at radius 3 is 2.52 bits per heavy atom. The van der Waals surface area contributed by atoms with Gasteiger partial charge in [0.1, 0.15) is 6.04 Å². The van der Waals surface area contributed by atoms with Crippen molar-refractivity contribution in [1.29, 1.82) is 0 Å². The number of nitrogens with one attached hydrogen (secondary N) is 1. The first-order chi connectivity index (χ1) is 11.7. The number of nitrogens with two attached hydrogens (primary N) is 1. The Labute approximate surface area is 145 Å². The highest BCUT2D eigenvalue weighted by Crippen LogP contribution is 2.25. The van der Waals surface area contributed by atoms with E-state index < -0.39 is 27.9 Å². The zero-order chi connectivity index (χ0) is 18.6. The van der Waals surface area contributed by atoms with Crippen molar-refractivity contribution in [3.05, 3.63) is 23.8 Å². The molecule has 9 nitrogen and oxygen atoms in total. The maximum absolute atomic E-state index is 12.6. The van der Waals surface area contributed by atoms with Crippen LogP contribution in [0.15, 0.2) is 23.1 Å². The van der Waals surface area contributed by atoms with Gasteiger partial charge in [-0.2, -0.15) is 0 Å². The summed E-state index contributed by atoms with van der Waals surface area (Å²) in [6.45, 7) is 3.65. The van der Waals surface area contributed by atoms with Gasteiger partial charge in [-0.3, -0.25) is 4.79 Å². The van der Waals surface area contributed by atoms with Crippen LogP contribution in [-0.2, 0) is 19.6 Å². The third-order valence-corrected chi connectivity index (χ3v) is 4.82. The van der Waals surface area contributed by atoms with E-state index in [1.807, 2.05) is 4.90 Å². The first kappa shape index (κ1) is 19.2. The molecular weight excluding hydrogens is 350 g/mol. The number of sulfonamides is 1. The number of benzene rings is 1. The van der Waals surface area contributed by atoms with Gasteiger partial charge in [0, 0.05) is 18.8 Å². The molecule has 2 rings (SSSR count). The number of nitrogens with zero attached hydrogens (tertiary/aromatic N) is 1. The van der Waals surface area contributed by atoms with Crippen LogP contribution >= 0.6 is 0 Å². The van der Waals surface area contributed by atoms with E-state index in [0.29, 0.717) is 32.0 Å².